The van der Waals surface area contributed by atoms with Crippen LogP contribution in [0.5, 0.6) is 0 Å². The molecule has 2 aliphatic rings. The molecular weight excluding hydrogens is 216 g/mol. The van der Waals surface area contributed by atoms with Crippen LogP contribution in [0.3, 0.4) is 0 Å². The molecule has 0 aromatic rings. The minimum atomic E-state index is -0.411. The second-order valence-corrected chi connectivity index (χ2v) is 5.81. The van der Waals surface area contributed by atoms with Crippen LogP contribution in [0.25, 0.3) is 0 Å². The van der Waals surface area contributed by atoms with E-state index in [9.17, 15) is 4.79 Å². The molecule has 0 saturated carbocycles. The van der Waals surface area contributed by atoms with Gasteiger partial charge in [-0.2, -0.15) is 0 Å². The minimum Gasteiger partial charge on any atom is -0.444 e. The fourth-order valence-electron chi connectivity index (χ4n) is 2.33. The Labute approximate surface area is 103 Å². The van der Waals surface area contributed by atoms with Crippen LogP contribution < -0.4 is 5.32 Å². The van der Waals surface area contributed by atoms with Crippen LogP contribution in [0.4, 0.5) is 4.79 Å². The van der Waals surface area contributed by atoms with Gasteiger partial charge in [0.2, 0.25) is 0 Å². The summed E-state index contributed by atoms with van der Waals surface area (Å²) in [6.45, 7) is 8.21. The molecule has 1 amide bonds. The number of rotatable bonds is 0. The number of amides is 1. The molecule has 2 rings (SSSR count). The van der Waals surface area contributed by atoms with Crippen molar-refractivity contribution >= 4 is 6.09 Å². The molecule has 0 aromatic heterocycles. The zero-order valence-electron chi connectivity index (χ0n) is 11.0. The summed E-state index contributed by atoms with van der Waals surface area (Å²) in [5, 5.41) is 3.41. The highest BCUT2D eigenvalue weighted by Crippen LogP contribution is 2.25. The lowest BCUT2D eigenvalue weighted by atomic mass is 9.92. The Hall–Kier alpha value is -1.19. The summed E-state index contributed by atoms with van der Waals surface area (Å²) < 4.78 is 5.39. The van der Waals surface area contributed by atoms with Crippen LogP contribution >= 0.6 is 0 Å². The van der Waals surface area contributed by atoms with Gasteiger partial charge in [-0.3, -0.25) is 0 Å². The van der Waals surface area contributed by atoms with E-state index in [0.717, 1.165) is 19.5 Å². The first-order valence-corrected chi connectivity index (χ1v) is 6.37. The van der Waals surface area contributed by atoms with E-state index in [4.69, 9.17) is 4.74 Å². The van der Waals surface area contributed by atoms with Crippen molar-refractivity contribution in [3.63, 3.8) is 0 Å². The molecule has 4 heteroatoms. The van der Waals surface area contributed by atoms with Gasteiger partial charge in [0.1, 0.15) is 5.60 Å². The van der Waals surface area contributed by atoms with Gasteiger partial charge in [-0.25, -0.2) is 4.79 Å². The number of nitrogens with zero attached hydrogens (tertiary/aromatic N) is 1. The quantitative estimate of drug-likeness (QED) is 0.703. The van der Waals surface area contributed by atoms with Gasteiger partial charge in [0.15, 0.2) is 0 Å². The van der Waals surface area contributed by atoms with Crippen molar-refractivity contribution < 1.29 is 9.53 Å². The number of fused-ring (bicyclic) bond motifs is 1. The maximum Gasteiger partial charge on any atom is 0.410 e. The normalized spacial score (nSPS) is 24.5. The number of hydrogen-bond donors (Lipinski definition) is 1. The summed E-state index contributed by atoms with van der Waals surface area (Å²) in [6, 6.07) is 0. The van der Waals surface area contributed by atoms with Gasteiger partial charge in [-0.1, -0.05) is 0 Å². The first-order chi connectivity index (χ1) is 7.96. The number of carbonyl (C=O) groups is 1. The molecule has 1 fully saturated rings. The molecule has 96 valence electrons. The molecule has 1 N–H and O–H groups in total. The fraction of sp³-hybridized carbons (Fsp3) is 0.769. The van der Waals surface area contributed by atoms with Crippen molar-refractivity contribution in [2.24, 2.45) is 5.92 Å². The van der Waals surface area contributed by atoms with E-state index in [1.165, 1.54) is 12.1 Å². The lowest BCUT2D eigenvalue weighted by Crippen LogP contribution is -2.45. The number of piperidine rings is 1. The molecule has 0 aliphatic carbocycles. The summed E-state index contributed by atoms with van der Waals surface area (Å²) in [7, 11) is 0. The molecule has 0 bridgehead atoms. The van der Waals surface area contributed by atoms with Gasteiger partial charge in [-0.15, -0.1) is 0 Å². The molecule has 1 unspecified atom stereocenters. The highest BCUT2D eigenvalue weighted by Gasteiger charge is 2.29. The van der Waals surface area contributed by atoms with E-state index in [1.54, 1.807) is 4.90 Å². The average Bonchev–Trinajstić information content (AvgIpc) is 2.26. The molecule has 0 radical (unpaired) electrons. The van der Waals surface area contributed by atoms with Gasteiger partial charge in [-0.05, 0) is 39.7 Å². The maximum absolute atomic E-state index is 11.9. The van der Waals surface area contributed by atoms with E-state index < -0.39 is 5.60 Å². The number of hydrogen-bond acceptors (Lipinski definition) is 3. The SMILES string of the molecule is CC(C)(C)OC(=O)N1CC=C2NCCCC2C1. The van der Waals surface area contributed by atoms with Crippen LogP contribution in [0, 0.1) is 5.92 Å². The van der Waals surface area contributed by atoms with Crippen LogP contribution in [0.1, 0.15) is 33.6 Å². The third kappa shape index (κ3) is 3.14. The summed E-state index contributed by atoms with van der Waals surface area (Å²) in [5.74, 6) is 0.477. The predicted molar refractivity (Wildman–Crippen MR) is 66.6 cm³/mol. The smallest absolute Gasteiger partial charge is 0.410 e. The van der Waals surface area contributed by atoms with Gasteiger partial charge in [0.05, 0.1) is 0 Å². The molecule has 4 nitrogen and oxygen atoms in total. The van der Waals surface area contributed by atoms with Crippen molar-refractivity contribution in [3.8, 4) is 0 Å². The number of carbonyl (C=O) groups excluding carboxylic acids is 1. The number of ether oxygens (including phenoxy) is 1. The standard InChI is InChI=1S/C13H22N2O2/c1-13(2,3)17-12(16)15-8-6-11-10(9-15)5-4-7-14-11/h6,10,14H,4-5,7-9H2,1-3H3. The van der Waals surface area contributed by atoms with E-state index >= 15 is 0 Å². The average molecular weight is 238 g/mol. The van der Waals surface area contributed by atoms with Gasteiger partial charge in [0, 0.05) is 31.2 Å². The molecule has 1 atom stereocenters. The van der Waals surface area contributed by atoms with Crippen molar-refractivity contribution in [1.29, 1.82) is 0 Å². The lowest BCUT2D eigenvalue weighted by Gasteiger charge is -2.36. The summed E-state index contributed by atoms with van der Waals surface area (Å²) in [6.07, 6.45) is 4.28. The zero-order valence-corrected chi connectivity index (χ0v) is 11.0. The maximum atomic E-state index is 11.9. The van der Waals surface area contributed by atoms with Crippen molar-refractivity contribution in [1.82, 2.24) is 10.2 Å². The topological polar surface area (TPSA) is 41.6 Å². The summed E-state index contributed by atoms with van der Waals surface area (Å²) in [5.41, 5.74) is 0.905. The zero-order chi connectivity index (χ0) is 12.5. The van der Waals surface area contributed by atoms with Gasteiger partial charge < -0.3 is 15.0 Å². The highest BCUT2D eigenvalue weighted by atomic mass is 16.6. The number of nitrogens with one attached hydrogen (secondary N) is 1. The first kappa shape index (κ1) is 12.3. The van der Waals surface area contributed by atoms with Gasteiger partial charge >= 0.3 is 6.09 Å². The van der Waals surface area contributed by atoms with Crippen LogP contribution in [-0.2, 0) is 4.74 Å². The molecule has 2 heterocycles. The Kier molecular flexibility index (Phi) is 3.31. The molecule has 1 saturated heterocycles. The van der Waals surface area contributed by atoms with Crippen molar-refractivity contribution in [2.75, 3.05) is 19.6 Å². The van der Waals surface area contributed by atoms with Crippen molar-refractivity contribution in [2.45, 2.75) is 39.2 Å². The Morgan fingerprint density at radius 1 is 1.53 bits per heavy atom. The van der Waals surface area contributed by atoms with Crippen LogP contribution in [0.2, 0.25) is 0 Å². The van der Waals surface area contributed by atoms with E-state index in [-0.39, 0.29) is 6.09 Å². The van der Waals surface area contributed by atoms with Crippen molar-refractivity contribution in [3.05, 3.63) is 11.8 Å². The van der Waals surface area contributed by atoms with Gasteiger partial charge in [0.25, 0.3) is 0 Å². The third-order valence-corrected chi connectivity index (χ3v) is 3.12. The lowest BCUT2D eigenvalue weighted by molar-refractivity contribution is 0.0231. The molecular formula is C13H22N2O2. The molecule has 0 aromatic carbocycles. The highest BCUT2D eigenvalue weighted by molar-refractivity contribution is 5.68. The Morgan fingerprint density at radius 3 is 3.00 bits per heavy atom. The first-order valence-electron chi connectivity index (χ1n) is 6.37. The molecule has 17 heavy (non-hydrogen) atoms. The Bertz CT molecular complexity index is 331. The van der Waals surface area contributed by atoms with E-state index in [0.29, 0.717) is 12.5 Å². The minimum absolute atomic E-state index is 0.196. The Morgan fingerprint density at radius 2 is 2.29 bits per heavy atom. The summed E-state index contributed by atoms with van der Waals surface area (Å²) >= 11 is 0. The van der Waals surface area contributed by atoms with E-state index in [2.05, 4.69) is 11.4 Å². The molecule has 2 aliphatic heterocycles. The monoisotopic (exact) mass is 238 g/mol. The van der Waals surface area contributed by atoms with Crippen LogP contribution in [0.15, 0.2) is 11.8 Å². The second kappa shape index (κ2) is 4.59. The second-order valence-electron chi connectivity index (χ2n) is 5.81. The van der Waals surface area contributed by atoms with E-state index in [1.807, 2.05) is 20.8 Å². The fourth-order valence-corrected chi connectivity index (χ4v) is 2.33. The summed E-state index contributed by atoms with van der Waals surface area (Å²) in [4.78, 5) is 13.7. The third-order valence-electron chi connectivity index (χ3n) is 3.12. The molecule has 0 spiro atoms. The largest absolute Gasteiger partial charge is 0.444 e. The predicted octanol–water partition coefficient (Wildman–Crippen LogP) is 2.12. The Balaban J connectivity index is 1.96. The van der Waals surface area contributed by atoms with Crippen LogP contribution in [-0.4, -0.2) is 36.2 Å².